The van der Waals surface area contributed by atoms with Gasteiger partial charge in [0.05, 0.1) is 11.5 Å². The third-order valence-electron chi connectivity index (χ3n) is 1.96. The summed E-state index contributed by atoms with van der Waals surface area (Å²) in [5.74, 6) is 0.713. The van der Waals surface area contributed by atoms with E-state index >= 15 is 0 Å². The van der Waals surface area contributed by atoms with E-state index in [1.165, 1.54) is 0 Å². The Morgan fingerprint density at radius 2 is 1.80 bits per heavy atom. The largest absolute Gasteiger partial charge is 0.325 e. The second-order valence-electron chi connectivity index (χ2n) is 3.60. The smallest absolute Gasteiger partial charge is 0.151 e. The van der Waals surface area contributed by atoms with Crippen LogP contribution in [0, 0.1) is 5.92 Å². The molecule has 3 nitrogen and oxygen atoms in total. The number of nitrogens with two attached hydrogens (primary N) is 1. The monoisotopic (exact) mass is 163 g/mol. The number of hydrogen-bond donors (Lipinski definition) is 1. The fourth-order valence-electron chi connectivity index (χ4n) is 0.994. The summed E-state index contributed by atoms with van der Waals surface area (Å²) in [6.45, 7) is 3.73. The van der Waals surface area contributed by atoms with Gasteiger partial charge in [-0.2, -0.15) is 0 Å². The fourth-order valence-corrected chi connectivity index (χ4v) is 2.98. The molecule has 0 spiro atoms. The van der Waals surface area contributed by atoms with Crippen molar-refractivity contribution in [3.05, 3.63) is 0 Å². The van der Waals surface area contributed by atoms with Crippen molar-refractivity contribution in [1.29, 1.82) is 0 Å². The molecular weight excluding hydrogens is 150 g/mol. The van der Waals surface area contributed by atoms with Gasteiger partial charge in [0.15, 0.2) is 9.84 Å². The third kappa shape index (κ3) is 1.49. The summed E-state index contributed by atoms with van der Waals surface area (Å²) >= 11 is 0. The highest BCUT2D eigenvalue weighted by atomic mass is 32.2. The summed E-state index contributed by atoms with van der Waals surface area (Å²) in [6.07, 6.45) is 0. The molecule has 0 unspecified atom stereocenters. The first-order chi connectivity index (χ1) is 4.31. The van der Waals surface area contributed by atoms with E-state index in [-0.39, 0.29) is 23.0 Å². The molecule has 0 saturated carbocycles. The molecular formula is C6H13NO2S. The van der Waals surface area contributed by atoms with E-state index in [1.807, 2.05) is 13.8 Å². The van der Waals surface area contributed by atoms with Crippen LogP contribution in [0.25, 0.3) is 0 Å². The molecule has 0 atom stereocenters. The molecule has 1 saturated heterocycles. The van der Waals surface area contributed by atoms with Gasteiger partial charge in [0.2, 0.25) is 0 Å². The van der Waals surface area contributed by atoms with E-state index in [4.69, 9.17) is 5.73 Å². The average Bonchev–Trinajstić information content (AvgIpc) is 1.56. The summed E-state index contributed by atoms with van der Waals surface area (Å²) in [5, 5.41) is 0. The van der Waals surface area contributed by atoms with Crippen molar-refractivity contribution in [3.8, 4) is 0 Å². The second kappa shape index (κ2) is 1.95. The maximum Gasteiger partial charge on any atom is 0.151 e. The van der Waals surface area contributed by atoms with Crippen molar-refractivity contribution >= 4 is 9.84 Å². The standard InChI is InChI=1S/C6H13NO2S/c1-6(2,7)5-3-10(8,9)4-5/h5H,3-4,7H2,1-2H3. The van der Waals surface area contributed by atoms with Crippen LogP contribution in [0.1, 0.15) is 13.8 Å². The van der Waals surface area contributed by atoms with Gasteiger partial charge >= 0.3 is 0 Å². The first kappa shape index (κ1) is 8.01. The molecule has 1 heterocycles. The van der Waals surface area contributed by atoms with Crippen molar-refractivity contribution in [2.75, 3.05) is 11.5 Å². The van der Waals surface area contributed by atoms with E-state index in [0.29, 0.717) is 0 Å². The molecule has 2 N–H and O–H groups in total. The lowest BCUT2D eigenvalue weighted by Crippen LogP contribution is -2.54. The van der Waals surface area contributed by atoms with Crippen LogP contribution in [-0.4, -0.2) is 25.5 Å². The van der Waals surface area contributed by atoms with Crippen LogP contribution < -0.4 is 5.73 Å². The molecule has 10 heavy (non-hydrogen) atoms. The second-order valence-corrected chi connectivity index (χ2v) is 5.75. The van der Waals surface area contributed by atoms with Gasteiger partial charge in [-0.15, -0.1) is 0 Å². The van der Waals surface area contributed by atoms with Crippen LogP contribution in [0.2, 0.25) is 0 Å². The Bertz CT molecular complexity index is 213. The maximum atomic E-state index is 10.7. The molecule has 0 aromatic heterocycles. The normalized spacial score (nSPS) is 25.9. The highest BCUT2D eigenvalue weighted by molar-refractivity contribution is 7.92. The van der Waals surface area contributed by atoms with Gasteiger partial charge in [0.1, 0.15) is 0 Å². The molecule has 60 valence electrons. The minimum absolute atomic E-state index is 0.164. The van der Waals surface area contributed by atoms with E-state index in [2.05, 4.69) is 0 Å². The van der Waals surface area contributed by atoms with Crippen molar-refractivity contribution in [2.45, 2.75) is 19.4 Å². The third-order valence-corrected chi connectivity index (χ3v) is 3.78. The van der Waals surface area contributed by atoms with Crippen molar-refractivity contribution in [3.63, 3.8) is 0 Å². The molecule has 1 fully saturated rings. The lowest BCUT2D eigenvalue weighted by molar-refractivity contribution is 0.350. The number of rotatable bonds is 1. The van der Waals surface area contributed by atoms with Crippen LogP contribution in [0.15, 0.2) is 0 Å². The van der Waals surface area contributed by atoms with Crippen molar-refractivity contribution < 1.29 is 8.42 Å². The highest BCUT2D eigenvalue weighted by Gasteiger charge is 2.41. The Morgan fingerprint density at radius 1 is 1.40 bits per heavy atom. The van der Waals surface area contributed by atoms with E-state index in [0.717, 1.165) is 0 Å². The Balaban J connectivity index is 2.56. The Labute approximate surface area is 61.5 Å². The van der Waals surface area contributed by atoms with Crippen LogP contribution in [0.3, 0.4) is 0 Å². The fraction of sp³-hybridized carbons (Fsp3) is 1.00. The lowest BCUT2D eigenvalue weighted by atomic mass is 9.91. The zero-order chi connectivity index (χ0) is 7.99. The van der Waals surface area contributed by atoms with Gasteiger partial charge in [0, 0.05) is 11.5 Å². The molecule has 0 bridgehead atoms. The van der Waals surface area contributed by atoms with Crippen LogP contribution in [0.4, 0.5) is 0 Å². The van der Waals surface area contributed by atoms with Gasteiger partial charge in [-0.05, 0) is 13.8 Å². The van der Waals surface area contributed by atoms with Crippen LogP contribution in [0.5, 0.6) is 0 Å². The van der Waals surface area contributed by atoms with Gasteiger partial charge in [0.25, 0.3) is 0 Å². The quantitative estimate of drug-likeness (QED) is 0.581. The molecule has 0 radical (unpaired) electrons. The Morgan fingerprint density at radius 3 is 1.90 bits per heavy atom. The summed E-state index contributed by atoms with van der Waals surface area (Å²) in [7, 11) is -2.69. The molecule has 0 amide bonds. The van der Waals surface area contributed by atoms with Crippen molar-refractivity contribution in [2.24, 2.45) is 11.7 Å². The molecule has 0 aromatic carbocycles. The first-order valence-corrected chi connectivity index (χ1v) is 5.13. The minimum atomic E-state index is -2.69. The highest BCUT2D eigenvalue weighted by Crippen LogP contribution is 2.26. The molecule has 1 rings (SSSR count). The lowest BCUT2D eigenvalue weighted by Gasteiger charge is -2.36. The SMILES string of the molecule is CC(C)(N)C1CS(=O)(=O)C1. The molecule has 0 aromatic rings. The van der Waals surface area contributed by atoms with Gasteiger partial charge < -0.3 is 5.73 Å². The molecule has 4 heteroatoms. The summed E-state index contributed by atoms with van der Waals surface area (Å²) < 4.78 is 21.4. The summed E-state index contributed by atoms with van der Waals surface area (Å²) in [6, 6.07) is 0. The van der Waals surface area contributed by atoms with E-state index in [9.17, 15) is 8.42 Å². The molecule has 1 aliphatic rings. The van der Waals surface area contributed by atoms with Crippen molar-refractivity contribution in [1.82, 2.24) is 0 Å². The zero-order valence-electron chi connectivity index (χ0n) is 6.29. The number of hydrogen-bond acceptors (Lipinski definition) is 3. The zero-order valence-corrected chi connectivity index (χ0v) is 7.11. The predicted octanol–water partition coefficient (Wildman–Crippen LogP) is -0.232. The number of sulfone groups is 1. The maximum absolute atomic E-state index is 10.7. The Kier molecular flexibility index (Phi) is 1.56. The Hall–Kier alpha value is -0.0900. The predicted molar refractivity (Wildman–Crippen MR) is 40.4 cm³/mol. The summed E-state index contributed by atoms with van der Waals surface area (Å²) in [4.78, 5) is 0. The van der Waals surface area contributed by atoms with E-state index in [1.54, 1.807) is 0 Å². The van der Waals surface area contributed by atoms with Gasteiger partial charge in [-0.3, -0.25) is 0 Å². The summed E-state index contributed by atoms with van der Waals surface area (Å²) in [5.41, 5.74) is 5.37. The van der Waals surface area contributed by atoms with Gasteiger partial charge in [-0.25, -0.2) is 8.42 Å². The van der Waals surface area contributed by atoms with Crippen LogP contribution in [-0.2, 0) is 9.84 Å². The van der Waals surface area contributed by atoms with Crippen LogP contribution >= 0.6 is 0 Å². The molecule has 1 aliphatic heterocycles. The van der Waals surface area contributed by atoms with E-state index < -0.39 is 9.84 Å². The minimum Gasteiger partial charge on any atom is -0.325 e. The topological polar surface area (TPSA) is 60.2 Å². The molecule has 0 aliphatic carbocycles. The average molecular weight is 163 g/mol. The first-order valence-electron chi connectivity index (χ1n) is 3.30. The van der Waals surface area contributed by atoms with Gasteiger partial charge in [-0.1, -0.05) is 0 Å².